The van der Waals surface area contributed by atoms with Crippen LogP contribution in [0.25, 0.3) is 0 Å². The number of amides is 1. The summed E-state index contributed by atoms with van der Waals surface area (Å²) in [5.41, 5.74) is 4.25. The van der Waals surface area contributed by atoms with Gasteiger partial charge in [0.2, 0.25) is 5.91 Å². The van der Waals surface area contributed by atoms with E-state index in [0.717, 1.165) is 22.3 Å². The van der Waals surface area contributed by atoms with Gasteiger partial charge in [0.05, 0.1) is 13.0 Å². The first kappa shape index (κ1) is 18.8. The first-order chi connectivity index (χ1) is 10.3. The summed E-state index contributed by atoms with van der Waals surface area (Å²) in [5, 5.41) is 5.07. The van der Waals surface area contributed by atoms with Crippen LogP contribution in [0.1, 0.15) is 61.8 Å². The van der Waals surface area contributed by atoms with Crippen molar-refractivity contribution < 1.29 is 13.7 Å². The largest absolute Gasteiger partial charge is 0.430 e. The topological polar surface area (TPSA) is 81.8 Å². The zero-order valence-electron chi connectivity index (χ0n) is 13.9. The molecule has 124 valence electrons. The molecule has 1 aromatic carbocycles. The molecule has 6 heteroatoms. The van der Waals surface area contributed by atoms with E-state index in [1.54, 1.807) is 7.11 Å². The van der Waals surface area contributed by atoms with Gasteiger partial charge in [-0.05, 0) is 34.1 Å². The van der Waals surface area contributed by atoms with Gasteiger partial charge in [-0.3, -0.25) is 4.79 Å². The lowest BCUT2D eigenvalue weighted by molar-refractivity contribution is -0.117. The second-order valence-corrected chi connectivity index (χ2v) is 6.67. The third-order valence-corrected chi connectivity index (χ3v) is 3.84. The van der Waals surface area contributed by atoms with Crippen LogP contribution in [0, 0.1) is 0 Å². The summed E-state index contributed by atoms with van der Waals surface area (Å²) in [6.45, 7) is 8.87. The maximum atomic E-state index is 11.9. The highest BCUT2D eigenvalue weighted by molar-refractivity contribution is 7.72. The van der Waals surface area contributed by atoms with Gasteiger partial charge in [0.15, 0.2) is 0 Å². The van der Waals surface area contributed by atoms with Gasteiger partial charge in [-0.1, -0.05) is 39.8 Å². The van der Waals surface area contributed by atoms with Crippen molar-refractivity contribution in [2.24, 2.45) is 9.50 Å². The number of ether oxygens (including phenoxy) is 1. The van der Waals surface area contributed by atoms with Crippen molar-refractivity contribution in [3.8, 4) is 0 Å². The van der Waals surface area contributed by atoms with Crippen LogP contribution in [-0.2, 0) is 37.5 Å². The molecule has 2 N–H and O–H groups in total. The average Bonchev–Trinajstić information content (AvgIpc) is 2.38. The van der Waals surface area contributed by atoms with Crippen LogP contribution in [0.4, 0.5) is 0 Å². The van der Waals surface area contributed by atoms with Crippen LogP contribution in [0.3, 0.4) is 0 Å². The molecule has 5 nitrogen and oxygen atoms in total. The molecule has 0 radical (unpaired) electrons. The maximum Gasteiger partial charge on any atom is 0.228 e. The number of hydrogen-bond acceptors (Lipinski definition) is 4. The number of hydrogen-bond donors (Lipinski definition) is 1. The molecule has 0 saturated heterocycles. The van der Waals surface area contributed by atoms with Crippen molar-refractivity contribution in [2.45, 2.75) is 52.6 Å². The van der Waals surface area contributed by atoms with E-state index in [9.17, 15) is 9.00 Å². The van der Waals surface area contributed by atoms with E-state index in [1.807, 2.05) is 0 Å². The van der Waals surface area contributed by atoms with Crippen LogP contribution < -0.4 is 5.14 Å². The Kier molecular flexibility index (Phi) is 7.19. The second-order valence-electron chi connectivity index (χ2n) is 5.93. The molecule has 1 amide bonds. The van der Waals surface area contributed by atoms with Crippen molar-refractivity contribution in [3.05, 3.63) is 34.4 Å². The Morgan fingerprint density at radius 3 is 2.09 bits per heavy atom. The predicted molar refractivity (Wildman–Crippen MR) is 88.7 cm³/mol. The zero-order valence-corrected chi connectivity index (χ0v) is 14.7. The normalized spacial score (nSPS) is 13.1. The fourth-order valence-electron chi connectivity index (χ4n) is 2.55. The molecule has 0 bridgehead atoms. The average molecular weight is 325 g/mol. The Hall–Kier alpha value is -1.24. The quantitative estimate of drug-likeness (QED) is 0.816. The zero-order chi connectivity index (χ0) is 16.9. The van der Waals surface area contributed by atoms with E-state index in [4.69, 9.17) is 9.88 Å². The highest BCUT2D eigenvalue weighted by atomic mass is 32.2. The summed E-state index contributed by atoms with van der Waals surface area (Å²) in [6.07, 6.45) is 0.122. The molecule has 0 aliphatic carbocycles. The van der Waals surface area contributed by atoms with Crippen LogP contribution in [0.15, 0.2) is 16.5 Å². The van der Waals surface area contributed by atoms with Gasteiger partial charge >= 0.3 is 0 Å². The Morgan fingerprint density at radius 2 is 1.73 bits per heavy atom. The number of rotatable bonds is 6. The number of methoxy groups -OCH3 is 1. The molecule has 0 aliphatic heterocycles. The molecule has 0 atom stereocenters. The first-order valence-corrected chi connectivity index (χ1v) is 8.48. The third-order valence-electron chi connectivity index (χ3n) is 3.45. The fourth-order valence-corrected chi connectivity index (χ4v) is 2.82. The van der Waals surface area contributed by atoms with Crippen molar-refractivity contribution >= 4 is 16.7 Å². The van der Waals surface area contributed by atoms with E-state index in [2.05, 4.69) is 44.2 Å². The van der Waals surface area contributed by atoms with Crippen molar-refractivity contribution in [1.29, 1.82) is 0 Å². The van der Waals surface area contributed by atoms with Gasteiger partial charge in [0.25, 0.3) is 0 Å². The van der Waals surface area contributed by atoms with Gasteiger partial charge < -0.3 is 18.4 Å². The van der Waals surface area contributed by atoms with Crippen molar-refractivity contribution in [1.82, 2.24) is 0 Å². The number of benzene rings is 1. The first-order valence-electron chi connectivity index (χ1n) is 7.31. The smallest absolute Gasteiger partial charge is 0.228 e. The fraction of sp³-hybridized carbons (Fsp3) is 0.562. The highest BCUT2D eigenvalue weighted by Gasteiger charge is 2.17. The SMILES string of the molecule is COCc1cc(C(C)C)c(CC(=O)N=[S-](N)=O)c(C(C)C)c1. The van der Waals surface area contributed by atoms with Crippen LogP contribution in [-0.4, -0.2) is 13.0 Å². The molecule has 1 aromatic rings. The maximum absolute atomic E-state index is 11.9. The van der Waals surface area contributed by atoms with E-state index in [-0.39, 0.29) is 18.3 Å². The van der Waals surface area contributed by atoms with E-state index < -0.39 is 16.7 Å². The van der Waals surface area contributed by atoms with Crippen LogP contribution in [0.2, 0.25) is 0 Å². The number of carbonyl (C=O) groups is 1. The minimum atomic E-state index is -1.96. The molecule has 0 aliphatic rings. The summed E-state index contributed by atoms with van der Waals surface area (Å²) >= 11 is 0. The Morgan fingerprint density at radius 1 is 1.23 bits per heavy atom. The summed E-state index contributed by atoms with van der Waals surface area (Å²) in [5.74, 6) is 0.0742. The van der Waals surface area contributed by atoms with Gasteiger partial charge in [0.1, 0.15) is 0 Å². The number of nitrogens with zero attached hydrogens (tertiary/aromatic N) is 1. The summed E-state index contributed by atoms with van der Waals surface area (Å²) in [7, 11) is -0.292. The molecule has 22 heavy (non-hydrogen) atoms. The number of nitrogens with two attached hydrogens (primary N) is 1. The van der Waals surface area contributed by atoms with Crippen molar-refractivity contribution in [2.75, 3.05) is 7.11 Å². The lowest BCUT2D eigenvalue weighted by atomic mass is 9.85. The molecule has 0 aromatic heterocycles. The third kappa shape index (κ3) is 5.19. The summed E-state index contributed by atoms with van der Waals surface area (Å²) in [6, 6.07) is 4.14. The van der Waals surface area contributed by atoms with E-state index in [1.165, 1.54) is 0 Å². The van der Waals surface area contributed by atoms with Crippen molar-refractivity contribution in [3.63, 3.8) is 0 Å². The summed E-state index contributed by atoms with van der Waals surface area (Å²) in [4.78, 5) is 11.9. The monoisotopic (exact) mass is 325 g/mol. The van der Waals surface area contributed by atoms with Crippen LogP contribution in [0.5, 0.6) is 0 Å². The minimum Gasteiger partial charge on any atom is -0.430 e. The standard InChI is InChI=1S/C16H25N2O3S/c1-10(2)13-6-12(9-21-5)7-14(11(3)4)15(13)8-16(19)18-22(17)20/h6-7,10-11H,8-9H2,1-5H3,(H2,17,18,19,20)/q-1. The van der Waals surface area contributed by atoms with Gasteiger partial charge in [0, 0.05) is 7.11 Å². The van der Waals surface area contributed by atoms with E-state index in [0.29, 0.717) is 6.61 Å². The Labute approximate surface area is 134 Å². The lowest BCUT2D eigenvalue weighted by Gasteiger charge is -2.21. The number of carbonyl (C=O) groups excluding carboxylic acids is 1. The molecule has 0 heterocycles. The van der Waals surface area contributed by atoms with Crippen LogP contribution >= 0.6 is 0 Å². The summed E-state index contributed by atoms with van der Waals surface area (Å²) < 4.78 is 19.6. The molecule has 0 fully saturated rings. The Balaban J connectivity index is 3.41. The van der Waals surface area contributed by atoms with Gasteiger partial charge in [-0.2, -0.15) is 0 Å². The molecule has 0 saturated carbocycles. The molecular formula is C16H25N2O3S-. The molecule has 0 spiro atoms. The van der Waals surface area contributed by atoms with E-state index >= 15 is 0 Å². The minimum absolute atomic E-state index is 0.122. The molecular weight excluding hydrogens is 300 g/mol. The molecule has 0 unspecified atom stereocenters. The second kappa shape index (κ2) is 8.41. The van der Waals surface area contributed by atoms with Gasteiger partial charge in [-0.25, -0.2) is 0 Å². The molecule has 1 rings (SSSR count). The Bertz CT molecular complexity index is 589. The van der Waals surface area contributed by atoms with Gasteiger partial charge in [-0.15, -0.1) is 10.8 Å². The highest BCUT2D eigenvalue weighted by Crippen LogP contribution is 2.30. The lowest BCUT2D eigenvalue weighted by Crippen LogP contribution is -2.11. The predicted octanol–water partition coefficient (Wildman–Crippen LogP) is 3.17.